The summed E-state index contributed by atoms with van der Waals surface area (Å²) in [5, 5.41) is 2.81. The minimum atomic E-state index is -0.458. The normalized spacial score (nSPS) is 17.3. The van der Waals surface area contributed by atoms with Crippen molar-refractivity contribution in [2.45, 2.75) is 58.8 Å². The van der Waals surface area contributed by atoms with Crippen LogP contribution in [0.15, 0.2) is 0 Å². The topological polar surface area (TPSA) is 64.3 Å². The van der Waals surface area contributed by atoms with Crippen LogP contribution in [0.25, 0.3) is 0 Å². The summed E-state index contributed by atoms with van der Waals surface area (Å²) in [5.74, 6) is -0.0851. The fourth-order valence-corrected chi connectivity index (χ4v) is 1.16. The van der Waals surface area contributed by atoms with E-state index in [4.69, 9.17) is 10.5 Å². The Morgan fingerprint density at radius 3 is 2.33 bits per heavy atom. The Kier molecular flexibility index (Phi) is 5.83. The molecule has 0 spiro atoms. The third-order valence-electron chi connectivity index (χ3n) is 2.44. The highest BCUT2D eigenvalue weighted by atomic mass is 16.5. The van der Waals surface area contributed by atoms with Crippen molar-refractivity contribution in [2.24, 2.45) is 5.73 Å². The van der Waals surface area contributed by atoms with Crippen molar-refractivity contribution < 1.29 is 9.53 Å². The fourth-order valence-electron chi connectivity index (χ4n) is 1.16. The van der Waals surface area contributed by atoms with E-state index in [1.54, 1.807) is 6.92 Å². The van der Waals surface area contributed by atoms with Gasteiger partial charge in [0.1, 0.15) is 6.10 Å². The number of carbonyl (C=O) groups is 1. The van der Waals surface area contributed by atoms with Crippen molar-refractivity contribution in [2.75, 3.05) is 6.54 Å². The van der Waals surface area contributed by atoms with E-state index in [0.29, 0.717) is 6.54 Å². The molecule has 2 unspecified atom stereocenters. The van der Waals surface area contributed by atoms with E-state index >= 15 is 0 Å². The molecule has 1 amide bonds. The minimum absolute atomic E-state index is 0.0851. The Hall–Kier alpha value is -0.610. The maximum Gasteiger partial charge on any atom is 0.249 e. The molecule has 2 atom stereocenters. The van der Waals surface area contributed by atoms with Crippen LogP contribution >= 0.6 is 0 Å². The van der Waals surface area contributed by atoms with Crippen LogP contribution in [0.4, 0.5) is 0 Å². The first kappa shape index (κ1) is 14.4. The lowest BCUT2D eigenvalue weighted by Gasteiger charge is -2.30. The second kappa shape index (κ2) is 6.08. The van der Waals surface area contributed by atoms with Gasteiger partial charge in [-0.2, -0.15) is 0 Å². The van der Waals surface area contributed by atoms with E-state index in [2.05, 4.69) is 5.32 Å². The van der Waals surface area contributed by atoms with Crippen LogP contribution in [-0.4, -0.2) is 30.2 Å². The number of amides is 1. The minimum Gasteiger partial charge on any atom is -0.361 e. The molecule has 90 valence electrons. The Balaban J connectivity index is 4.22. The van der Waals surface area contributed by atoms with Gasteiger partial charge in [-0.25, -0.2) is 0 Å². The molecule has 0 aliphatic rings. The largest absolute Gasteiger partial charge is 0.361 e. The van der Waals surface area contributed by atoms with Gasteiger partial charge in [-0.3, -0.25) is 4.79 Å². The van der Waals surface area contributed by atoms with Gasteiger partial charge < -0.3 is 15.8 Å². The van der Waals surface area contributed by atoms with Crippen LogP contribution in [0.1, 0.15) is 41.0 Å². The number of carbonyl (C=O) groups excluding carboxylic acids is 1. The van der Waals surface area contributed by atoms with Gasteiger partial charge in [0.25, 0.3) is 0 Å². The maximum atomic E-state index is 11.6. The molecule has 0 aromatic carbocycles. The summed E-state index contributed by atoms with van der Waals surface area (Å²) in [6.45, 7) is 9.94. The zero-order chi connectivity index (χ0) is 12.1. The molecule has 4 heteroatoms. The highest BCUT2D eigenvalue weighted by Gasteiger charge is 2.26. The molecule has 0 aliphatic carbocycles. The van der Waals surface area contributed by atoms with Crippen LogP contribution in [-0.2, 0) is 9.53 Å². The van der Waals surface area contributed by atoms with Crippen molar-refractivity contribution in [3.05, 3.63) is 0 Å². The van der Waals surface area contributed by atoms with Crippen LogP contribution in [0, 0.1) is 0 Å². The summed E-state index contributed by atoms with van der Waals surface area (Å²) in [6.07, 6.45) is 0.337. The molecule has 15 heavy (non-hydrogen) atoms. The van der Waals surface area contributed by atoms with E-state index in [9.17, 15) is 4.79 Å². The maximum absolute atomic E-state index is 11.6. The molecule has 0 bridgehead atoms. The van der Waals surface area contributed by atoms with Gasteiger partial charge in [0.15, 0.2) is 0 Å². The number of nitrogens with two attached hydrogens (primary N) is 1. The van der Waals surface area contributed by atoms with Gasteiger partial charge in [0.2, 0.25) is 5.91 Å². The van der Waals surface area contributed by atoms with E-state index < -0.39 is 11.7 Å². The molecular weight excluding hydrogens is 192 g/mol. The lowest BCUT2D eigenvalue weighted by Crippen LogP contribution is -2.46. The first-order chi connectivity index (χ1) is 6.84. The van der Waals surface area contributed by atoms with Gasteiger partial charge in [-0.1, -0.05) is 6.92 Å². The molecule has 0 saturated heterocycles. The van der Waals surface area contributed by atoms with Crippen LogP contribution in [0.5, 0.6) is 0 Å². The molecule has 0 saturated carbocycles. The molecule has 3 N–H and O–H groups in total. The average Bonchev–Trinajstić information content (AvgIpc) is 2.16. The average molecular weight is 216 g/mol. The second-order valence-corrected chi connectivity index (χ2v) is 4.43. The number of ether oxygens (including phenoxy) is 1. The summed E-state index contributed by atoms with van der Waals surface area (Å²) in [7, 11) is 0. The van der Waals surface area contributed by atoms with Crippen molar-refractivity contribution in [3.8, 4) is 0 Å². The predicted molar refractivity (Wildman–Crippen MR) is 61.6 cm³/mol. The third-order valence-corrected chi connectivity index (χ3v) is 2.44. The zero-order valence-electron chi connectivity index (χ0n) is 10.5. The van der Waals surface area contributed by atoms with E-state index in [-0.39, 0.29) is 11.9 Å². The summed E-state index contributed by atoms with van der Waals surface area (Å²) in [6, 6.07) is 0.134. The molecule has 0 fully saturated rings. The number of rotatable bonds is 6. The summed E-state index contributed by atoms with van der Waals surface area (Å²) in [5.41, 5.74) is 5.20. The molecule has 0 heterocycles. The van der Waals surface area contributed by atoms with Crippen LogP contribution < -0.4 is 11.1 Å². The van der Waals surface area contributed by atoms with Crippen LogP contribution in [0.3, 0.4) is 0 Å². The van der Waals surface area contributed by atoms with E-state index in [1.165, 1.54) is 0 Å². The molecule has 0 aliphatic heterocycles. The lowest BCUT2D eigenvalue weighted by molar-refractivity contribution is -0.143. The van der Waals surface area contributed by atoms with Crippen molar-refractivity contribution >= 4 is 5.91 Å². The SMILES string of the molecule is CCC(C)(CN)OC(C)C(=O)NC(C)C. The highest BCUT2D eigenvalue weighted by Crippen LogP contribution is 2.15. The van der Waals surface area contributed by atoms with Crippen molar-refractivity contribution in [3.63, 3.8) is 0 Å². The van der Waals surface area contributed by atoms with Crippen molar-refractivity contribution in [1.82, 2.24) is 5.32 Å². The van der Waals surface area contributed by atoms with Gasteiger partial charge in [0, 0.05) is 12.6 Å². The zero-order valence-corrected chi connectivity index (χ0v) is 10.5. The van der Waals surface area contributed by atoms with Gasteiger partial charge in [0.05, 0.1) is 5.60 Å². The summed E-state index contributed by atoms with van der Waals surface area (Å²) >= 11 is 0. The standard InChI is InChI=1S/C11H24N2O2/c1-6-11(5,7-12)15-9(4)10(14)13-8(2)3/h8-9H,6-7,12H2,1-5H3,(H,13,14). The molecule has 0 aromatic heterocycles. The molecular formula is C11H24N2O2. The quantitative estimate of drug-likeness (QED) is 0.697. The summed E-state index contributed by atoms with van der Waals surface area (Å²) < 4.78 is 5.66. The van der Waals surface area contributed by atoms with Gasteiger partial charge >= 0.3 is 0 Å². The molecule has 0 radical (unpaired) electrons. The van der Waals surface area contributed by atoms with Gasteiger partial charge in [-0.15, -0.1) is 0 Å². The first-order valence-electron chi connectivity index (χ1n) is 5.53. The molecule has 4 nitrogen and oxygen atoms in total. The highest BCUT2D eigenvalue weighted by molar-refractivity contribution is 5.80. The Morgan fingerprint density at radius 2 is 2.00 bits per heavy atom. The monoisotopic (exact) mass is 216 g/mol. The fraction of sp³-hybridized carbons (Fsp3) is 0.909. The number of hydrogen-bond donors (Lipinski definition) is 2. The van der Waals surface area contributed by atoms with Crippen molar-refractivity contribution in [1.29, 1.82) is 0 Å². The first-order valence-corrected chi connectivity index (χ1v) is 5.53. The summed E-state index contributed by atoms with van der Waals surface area (Å²) in [4.78, 5) is 11.6. The lowest BCUT2D eigenvalue weighted by atomic mass is 10.0. The third kappa shape index (κ3) is 5.14. The Labute approximate surface area is 92.6 Å². The Morgan fingerprint density at radius 1 is 1.47 bits per heavy atom. The predicted octanol–water partition coefficient (Wildman–Crippen LogP) is 1.04. The van der Waals surface area contributed by atoms with Crippen LogP contribution in [0.2, 0.25) is 0 Å². The number of nitrogens with one attached hydrogen (secondary N) is 1. The second-order valence-electron chi connectivity index (χ2n) is 4.43. The smallest absolute Gasteiger partial charge is 0.249 e. The molecule has 0 rings (SSSR count). The number of hydrogen-bond acceptors (Lipinski definition) is 3. The molecule has 0 aromatic rings. The van der Waals surface area contributed by atoms with E-state index in [0.717, 1.165) is 6.42 Å². The van der Waals surface area contributed by atoms with Gasteiger partial charge in [-0.05, 0) is 34.1 Å². The van der Waals surface area contributed by atoms with E-state index in [1.807, 2.05) is 27.7 Å². The Bertz CT molecular complexity index is 201.